The maximum absolute atomic E-state index is 12.5. The minimum Gasteiger partial charge on any atom is -0.481 e. The van der Waals surface area contributed by atoms with Crippen molar-refractivity contribution >= 4 is 5.97 Å². The second-order valence-corrected chi connectivity index (χ2v) is 6.46. The van der Waals surface area contributed by atoms with Gasteiger partial charge in [-0.15, -0.1) is 0 Å². The first-order valence-electron chi connectivity index (χ1n) is 8.05. The molecule has 5 heteroatoms. The largest absolute Gasteiger partial charge is 0.481 e. The van der Waals surface area contributed by atoms with Crippen LogP contribution in [0.4, 0.5) is 0 Å². The van der Waals surface area contributed by atoms with Gasteiger partial charge in [0, 0.05) is 18.9 Å². The van der Waals surface area contributed by atoms with Gasteiger partial charge in [-0.3, -0.25) is 9.36 Å². The summed E-state index contributed by atoms with van der Waals surface area (Å²) in [5, 5.41) is 9.96. The molecule has 0 amide bonds. The average Bonchev–Trinajstić information content (AvgIpc) is 2.80. The quantitative estimate of drug-likeness (QED) is 0.947. The number of aryl methyl sites for hydroxylation is 2. The van der Waals surface area contributed by atoms with Crippen LogP contribution >= 0.6 is 0 Å². The van der Waals surface area contributed by atoms with Gasteiger partial charge in [-0.1, -0.05) is 37.5 Å². The summed E-state index contributed by atoms with van der Waals surface area (Å²) in [6.07, 6.45) is 5.90. The Kier molecular flexibility index (Phi) is 3.88. The topological polar surface area (TPSA) is 64.2 Å². The highest BCUT2D eigenvalue weighted by molar-refractivity contribution is 5.83. The van der Waals surface area contributed by atoms with Gasteiger partial charge < -0.3 is 9.67 Å². The number of benzene rings is 1. The zero-order valence-corrected chi connectivity index (χ0v) is 13.6. The van der Waals surface area contributed by atoms with E-state index < -0.39 is 11.4 Å². The summed E-state index contributed by atoms with van der Waals surface area (Å²) in [4.78, 5) is 24.6. The fourth-order valence-corrected chi connectivity index (χ4v) is 3.82. The van der Waals surface area contributed by atoms with Crippen molar-refractivity contribution in [1.82, 2.24) is 9.13 Å². The summed E-state index contributed by atoms with van der Waals surface area (Å²) in [6, 6.07) is 7.44. The number of carboxylic acid groups (broad SMARTS) is 1. The molecule has 1 aromatic heterocycles. The Labute approximate surface area is 135 Å². The number of nitrogens with zero attached hydrogens (tertiary/aromatic N) is 2. The van der Waals surface area contributed by atoms with Crippen LogP contribution in [0.5, 0.6) is 0 Å². The molecule has 5 nitrogen and oxygen atoms in total. The lowest BCUT2D eigenvalue weighted by atomic mass is 9.69. The van der Waals surface area contributed by atoms with Gasteiger partial charge in [0.05, 0.1) is 11.1 Å². The van der Waals surface area contributed by atoms with Crippen molar-refractivity contribution in [1.29, 1.82) is 0 Å². The van der Waals surface area contributed by atoms with E-state index >= 15 is 0 Å². The molecule has 0 radical (unpaired) electrons. The second-order valence-electron chi connectivity index (χ2n) is 6.46. The van der Waals surface area contributed by atoms with Gasteiger partial charge in [0.25, 0.3) is 0 Å². The number of aromatic nitrogens is 2. The number of hydrogen-bond donors (Lipinski definition) is 1. The van der Waals surface area contributed by atoms with Gasteiger partial charge in [0.15, 0.2) is 0 Å². The first kappa shape index (κ1) is 15.6. The number of carbonyl (C=O) groups is 1. The standard InChI is InChI=1S/C18H22N2O3/c1-13-12-19(2)17(23)20(13)15-9-5-4-8-14(15)18(16(21)22)10-6-3-7-11-18/h4-5,8-9,12H,3,6-7,10-11H2,1-2H3,(H,21,22). The Bertz CT molecular complexity index is 795. The highest BCUT2D eigenvalue weighted by Gasteiger charge is 2.43. The van der Waals surface area contributed by atoms with Gasteiger partial charge in [-0.25, -0.2) is 4.79 Å². The third-order valence-electron chi connectivity index (χ3n) is 5.00. The molecule has 0 spiro atoms. The van der Waals surface area contributed by atoms with E-state index in [0.29, 0.717) is 18.5 Å². The Morgan fingerprint density at radius 2 is 1.83 bits per heavy atom. The maximum atomic E-state index is 12.5. The van der Waals surface area contributed by atoms with Crippen LogP contribution in [0, 0.1) is 6.92 Å². The van der Waals surface area contributed by atoms with E-state index in [9.17, 15) is 14.7 Å². The normalized spacial score (nSPS) is 17.1. The molecule has 3 rings (SSSR count). The van der Waals surface area contributed by atoms with E-state index in [1.165, 1.54) is 4.57 Å². The van der Waals surface area contributed by atoms with Crippen molar-refractivity contribution in [2.75, 3.05) is 0 Å². The molecule has 0 bridgehead atoms. The molecule has 1 N–H and O–H groups in total. The Balaban J connectivity index is 2.26. The van der Waals surface area contributed by atoms with Crippen molar-refractivity contribution in [3.8, 4) is 5.69 Å². The highest BCUT2D eigenvalue weighted by Crippen LogP contribution is 2.42. The van der Waals surface area contributed by atoms with Crippen molar-refractivity contribution in [2.45, 2.75) is 44.4 Å². The summed E-state index contributed by atoms with van der Waals surface area (Å²) in [7, 11) is 1.71. The molecule has 2 aromatic rings. The Morgan fingerprint density at radius 3 is 2.39 bits per heavy atom. The van der Waals surface area contributed by atoms with Crippen LogP contribution in [-0.4, -0.2) is 20.2 Å². The minimum absolute atomic E-state index is 0.147. The van der Waals surface area contributed by atoms with Gasteiger partial charge in [0.1, 0.15) is 0 Å². The lowest BCUT2D eigenvalue weighted by molar-refractivity contribution is -0.145. The van der Waals surface area contributed by atoms with Crippen LogP contribution in [0.2, 0.25) is 0 Å². The van der Waals surface area contributed by atoms with Crippen LogP contribution in [0.3, 0.4) is 0 Å². The highest BCUT2D eigenvalue weighted by atomic mass is 16.4. The zero-order chi connectivity index (χ0) is 16.6. The summed E-state index contributed by atoms with van der Waals surface area (Å²) in [6.45, 7) is 1.87. The molecular weight excluding hydrogens is 292 g/mol. The smallest absolute Gasteiger partial charge is 0.332 e. The predicted molar refractivity (Wildman–Crippen MR) is 88.1 cm³/mol. The molecule has 23 heavy (non-hydrogen) atoms. The molecule has 1 aliphatic rings. The Morgan fingerprint density at radius 1 is 1.17 bits per heavy atom. The number of aliphatic carboxylic acids is 1. The van der Waals surface area contributed by atoms with Crippen molar-refractivity contribution in [2.24, 2.45) is 7.05 Å². The molecule has 122 valence electrons. The average molecular weight is 314 g/mol. The number of hydrogen-bond acceptors (Lipinski definition) is 2. The zero-order valence-electron chi connectivity index (χ0n) is 13.6. The van der Waals surface area contributed by atoms with Crippen LogP contribution in [-0.2, 0) is 17.3 Å². The van der Waals surface area contributed by atoms with Crippen molar-refractivity contribution < 1.29 is 9.90 Å². The van der Waals surface area contributed by atoms with E-state index in [4.69, 9.17) is 0 Å². The first-order chi connectivity index (χ1) is 11.0. The third kappa shape index (κ3) is 2.40. The van der Waals surface area contributed by atoms with Crippen molar-refractivity contribution in [3.63, 3.8) is 0 Å². The van der Waals surface area contributed by atoms with Gasteiger partial charge in [-0.05, 0) is 31.4 Å². The van der Waals surface area contributed by atoms with Crippen LogP contribution < -0.4 is 5.69 Å². The van der Waals surface area contributed by atoms with Gasteiger partial charge in [0.2, 0.25) is 0 Å². The molecular formula is C18H22N2O3. The fourth-order valence-electron chi connectivity index (χ4n) is 3.82. The number of rotatable bonds is 3. The fraction of sp³-hybridized carbons (Fsp3) is 0.444. The van der Waals surface area contributed by atoms with E-state index in [-0.39, 0.29) is 5.69 Å². The molecule has 1 saturated carbocycles. The van der Waals surface area contributed by atoms with Crippen molar-refractivity contribution in [3.05, 3.63) is 52.2 Å². The minimum atomic E-state index is -0.892. The number of carboxylic acids is 1. The molecule has 0 unspecified atom stereocenters. The Hall–Kier alpha value is -2.30. The van der Waals surface area contributed by atoms with E-state index in [1.807, 2.05) is 31.2 Å². The van der Waals surface area contributed by atoms with E-state index in [0.717, 1.165) is 30.5 Å². The first-order valence-corrected chi connectivity index (χ1v) is 8.05. The summed E-state index contributed by atoms with van der Waals surface area (Å²) in [5.41, 5.74) is 1.22. The van der Waals surface area contributed by atoms with Crippen LogP contribution in [0.1, 0.15) is 43.4 Å². The lowest BCUT2D eigenvalue weighted by Gasteiger charge is -2.35. The van der Waals surface area contributed by atoms with Gasteiger partial charge in [-0.2, -0.15) is 0 Å². The second kappa shape index (κ2) is 5.72. The van der Waals surface area contributed by atoms with E-state index in [1.54, 1.807) is 17.8 Å². The van der Waals surface area contributed by atoms with Crippen LogP contribution in [0.15, 0.2) is 35.3 Å². The third-order valence-corrected chi connectivity index (χ3v) is 5.00. The van der Waals surface area contributed by atoms with E-state index in [2.05, 4.69) is 0 Å². The lowest BCUT2D eigenvalue weighted by Crippen LogP contribution is -2.39. The number of imidazole rings is 1. The molecule has 0 aliphatic heterocycles. The summed E-state index contributed by atoms with van der Waals surface area (Å²) in [5.74, 6) is -0.786. The molecule has 1 fully saturated rings. The summed E-state index contributed by atoms with van der Waals surface area (Å²) < 4.78 is 3.15. The SMILES string of the molecule is Cc1cn(C)c(=O)n1-c1ccccc1C1(C(=O)O)CCCCC1. The molecule has 0 atom stereocenters. The monoisotopic (exact) mass is 314 g/mol. The predicted octanol–water partition coefficient (Wildman–Crippen LogP) is 2.77. The molecule has 1 aliphatic carbocycles. The molecule has 0 saturated heterocycles. The van der Waals surface area contributed by atoms with Gasteiger partial charge >= 0.3 is 11.7 Å². The maximum Gasteiger partial charge on any atom is 0.332 e. The molecule has 1 aromatic carbocycles. The number of para-hydroxylation sites is 1. The summed E-state index contributed by atoms with van der Waals surface area (Å²) >= 11 is 0. The van der Waals surface area contributed by atoms with Crippen LogP contribution in [0.25, 0.3) is 5.69 Å². The molecule has 1 heterocycles.